The van der Waals surface area contributed by atoms with Gasteiger partial charge in [-0.25, -0.2) is 0 Å². The summed E-state index contributed by atoms with van der Waals surface area (Å²) in [6.45, 7) is 3.34. The number of hydrogen-bond acceptors (Lipinski definition) is 3. The van der Waals surface area contributed by atoms with Crippen molar-refractivity contribution in [3.05, 3.63) is 29.3 Å². The van der Waals surface area contributed by atoms with Crippen LogP contribution in [0.5, 0.6) is 5.75 Å². The average molecular weight is 261 g/mol. The summed E-state index contributed by atoms with van der Waals surface area (Å²) in [5, 5.41) is 12.5. The maximum atomic E-state index is 11.0. The third-order valence-electron chi connectivity index (χ3n) is 4.29. The Bertz CT molecular complexity index is 506. The highest BCUT2D eigenvalue weighted by Crippen LogP contribution is 2.41. The number of aliphatic carboxylic acids is 1. The van der Waals surface area contributed by atoms with Gasteiger partial charge in [0, 0.05) is 24.6 Å². The van der Waals surface area contributed by atoms with Gasteiger partial charge in [-0.15, -0.1) is 0 Å². The van der Waals surface area contributed by atoms with Crippen molar-refractivity contribution in [2.24, 2.45) is 5.41 Å². The van der Waals surface area contributed by atoms with Gasteiger partial charge in [-0.2, -0.15) is 0 Å². The van der Waals surface area contributed by atoms with Gasteiger partial charge in [0.25, 0.3) is 0 Å². The van der Waals surface area contributed by atoms with Crippen LogP contribution in [0.4, 0.5) is 0 Å². The molecule has 2 aliphatic rings. The Labute approximate surface area is 112 Å². The van der Waals surface area contributed by atoms with Crippen molar-refractivity contribution in [2.45, 2.75) is 38.8 Å². The van der Waals surface area contributed by atoms with Crippen molar-refractivity contribution < 1.29 is 14.6 Å². The van der Waals surface area contributed by atoms with Crippen molar-refractivity contribution in [1.82, 2.24) is 5.32 Å². The Balaban J connectivity index is 1.57. The number of carbonyl (C=O) groups is 1. The van der Waals surface area contributed by atoms with E-state index < -0.39 is 11.4 Å². The molecule has 0 aromatic heterocycles. The molecule has 1 aliphatic carbocycles. The molecule has 4 heteroatoms. The number of para-hydroxylation sites is 1. The Kier molecular flexibility index (Phi) is 2.97. The predicted octanol–water partition coefficient (Wildman–Crippen LogP) is 1.96. The van der Waals surface area contributed by atoms with Crippen LogP contribution < -0.4 is 10.1 Å². The van der Waals surface area contributed by atoms with Crippen molar-refractivity contribution in [3.63, 3.8) is 0 Å². The number of carboxylic acids is 1. The van der Waals surface area contributed by atoms with Crippen molar-refractivity contribution >= 4 is 5.97 Å². The van der Waals surface area contributed by atoms with Crippen LogP contribution in [0.1, 0.15) is 30.9 Å². The summed E-state index contributed by atoms with van der Waals surface area (Å²) in [5.74, 6) is 0.338. The zero-order valence-electron chi connectivity index (χ0n) is 11.1. The van der Waals surface area contributed by atoms with Gasteiger partial charge in [-0.05, 0) is 25.3 Å². The molecule has 1 aromatic carbocycles. The van der Waals surface area contributed by atoms with Gasteiger partial charge in [-0.3, -0.25) is 4.79 Å². The molecule has 3 rings (SSSR count). The van der Waals surface area contributed by atoms with Gasteiger partial charge in [0.05, 0.1) is 12.0 Å². The van der Waals surface area contributed by atoms with Crippen LogP contribution >= 0.6 is 0 Å². The quantitative estimate of drug-likeness (QED) is 0.870. The second kappa shape index (κ2) is 4.53. The van der Waals surface area contributed by atoms with E-state index in [1.165, 1.54) is 11.1 Å². The molecular formula is C15H19NO3. The highest BCUT2D eigenvalue weighted by Gasteiger charge is 2.46. The lowest BCUT2D eigenvalue weighted by Crippen LogP contribution is -2.51. The highest BCUT2D eigenvalue weighted by molar-refractivity contribution is 5.75. The number of ether oxygens (including phenoxy) is 1. The molecule has 19 heavy (non-hydrogen) atoms. The molecule has 1 aliphatic heterocycles. The fourth-order valence-electron chi connectivity index (χ4n) is 3.02. The number of hydrogen-bond donors (Lipinski definition) is 2. The molecule has 102 valence electrons. The van der Waals surface area contributed by atoms with E-state index in [0.717, 1.165) is 25.3 Å². The number of nitrogens with one attached hydrogen (secondary N) is 1. The minimum Gasteiger partial charge on any atom is -0.493 e. The van der Waals surface area contributed by atoms with Gasteiger partial charge in [0.2, 0.25) is 0 Å². The molecule has 0 saturated heterocycles. The van der Waals surface area contributed by atoms with Crippen LogP contribution in [0, 0.1) is 5.41 Å². The van der Waals surface area contributed by atoms with Gasteiger partial charge in [0.15, 0.2) is 0 Å². The molecular weight excluding hydrogens is 242 g/mol. The van der Waals surface area contributed by atoms with Crippen LogP contribution in [0.2, 0.25) is 0 Å². The van der Waals surface area contributed by atoms with Crippen LogP contribution in [0.15, 0.2) is 18.2 Å². The lowest BCUT2D eigenvalue weighted by molar-refractivity contribution is -0.154. The van der Waals surface area contributed by atoms with E-state index in [1.807, 2.05) is 6.92 Å². The molecule has 4 nitrogen and oxygen atoms in total. The van der Waals surface area contributed by atoms with Gasteiger partial charge < -0.3 is 15.2 Å². The van der Waals surface area contributed by atoms with Crippen molar-refractivity contribution in [1.29, 1.82) is 0 Å². The topological polar surface area (TPSA) is 58.6 Å². The molecule has 2 N–H and O–H groups in total. The molecule has 0 bridgehead atoms. The maximum absolute atomic E-state index is 11.0. The van der Waals surface area contributed by atoms with E-state index in [1.54, 1.807) is 0 Å². The lowest BCUT2D eigenvalue weighted by Gasteiger charge is -2.42. The fraction of sp³-hybridized carbons (Fsp3) is 0.533. The third kappa shape index (κ3) is 2.21. The standard InChI is InChI=1S/C15H19NO3/c1-15(14(17)18)7-12(8-15)16-9-11-4-2-3-10-5-6-19-13(10)11/h2-4,12,16H,5-9H2,1H3,(H,17,18). The first-order valence-electron chi connectivity index (χ1n) is 6.79. The van der Waals surface area contributed by atoms with Crippen molar-refractivity contribution in [2.75, 3.05) is 6.61 Å². The number of fused-ring (bicyclic) bond motifs is 1. The van der Waals surface area contributed by atoms with Crippen LogP contribution in [0.25, 0.3) is 0 Å². The number of carboxylic acid groups (broad SMARTS) is 1. The Morgan fingerprint density at radius 3 is 3.05 bits per heavy atom. The zero-order chi connectivity index (χ0) is 13.5. The smallest absolute Gasteiger partial charge is 0.309 e. The SMILES string of the molecule is CC1(C(=O)O)CC(NCc2cccc3c2OCC3)C1. The minimum atomic E-state index is -0.686. The average Bonchev–Trinajstić information content (AvgIpc) is 2.81. The summed E-state index contributed by atoms with van der Waals surface area (Å²) in [6, 6.07) is 6.55. The molecule has 1 heterocycles. The first-order valence-corrected chi connectivity index (χ1v) is 6.79. The fourth-order valence-corrected chi connectivity index (χ4v) is 3.02. The molecule has 0 unspecified atom stereocenters. The van der Waals surface area contributed by atoms with Crippen LogP contribution in [0.3, 0.4) is 0 Å². The monoisotopic (exact) mass is 261 g/mol. The molecule has 0 atom stereocenters. The van der Waals surface area contributed by atoms with E-state index in [0.29, 0.717) is 18.9 Å². The largest absolute Gasteiger partial charge is 0.493 e. The van der Waals surface area contributed by atoms with E-state index in [2.05, 4.69) is 23.5 Å². The normalized spacial score (nSPS) is 28.4. The predicted molar refractivity (Wildman–Crippen MR) is 71.2 cm³/mol. The first-order chi connectivity index (χ1) is 9.08. The zero-order valence-corrected chi connectivity index (χ0v) is 11.1. The van der Waals surface area contributed by atoms with Crippen molar-refractivity contribution in [3.8, 4) is 5.75 Å². The van der Waals surface area contributed by atoms with Crippen LogP contribution in [-0.4, -0.2) is 23.7 Å². The maximum Gasteiger partial charge on any atom is 0.309 e. The number of benzene rings is 1. The Morgan fingerprint density at radius 1 is 1.53 bits per heavy atom. The molecule has 0 amide bonds. The summed E-state index contributed by atoms with van der Waals surface area (Å²) < 4.78 is 5.66. The molecule has 0 spiro atoms. The highest BCUT2D eigenvalue weighted by atomic mass is 16.5. The van der Waals surface area contributed by atoms with E-state index in [-0.39, 0.29) is 0 Å². The van der Waals surface area contributed by atoms with E-state index in [4.69, 9.17) is 9.84 Å². The van der Waals surface area contributed by atoms with E-state index >= 15 is 0 Å². The molecule has 1 aromatic rings. The summed E-state index contributed by atoms with van der Waals surface area (Å²) in [6.07, 6.45) is 2.40. The van der Waals surface area contributed by atoms with Gasteiger partial charge in [0.1, 0.15) is 5.75 Å². The van der Waals surface area contributed by atoms with Crippen LogP contribution in [-0.2, 0) is 17.8 Å². The second-order valence-electron chi connectivity index (χ2n) is 5.86. The summed E-state index contributed by atoms with van der Waals surface area (Å²) in [7, 11) is 0. The molecule has 1 saturated carbocycles. The first kappa shape index (κ1) is 12.5. The summed E-state index contributed by atoms with van der Waals surface area (Å²) in [5.41, 5.74) is 1.93. The third-order valence-corrected chi connectivity index (χ3v) is 4.29. The molecule has 0 radical (unpaired) electrons. The van der Waals surface area contributed by atoms with Gasteiger partial charge in [-0.1, -0.05) is 18.2 Å². The summed E-state index contributed by atoms with van der Waals surface area (Å²) >= 11 is 0. The summed E-state index contributed by atoms with van der Waals surface area (Å²) in [4.78, 5) is 11.0. The lowest BCUT2D eigenvalue weighted by atomic mass is 9.67. The van der Waals surface area contributed by atoms with E-state index in [9.17, 15) is 4.79 Å². The Morgan fingerprint density at radius 2 is 2.32 bits per heavy atom. The van der Waals surface area contributed by atoms with Gasteiger partial charge >= 0.3 is 5.97 Å². The second-order valence-corrected chi connectivity index (χ2v) is 5.86. The Hall–Kier alpha value is -1.55. The molecule has 1 fully saturated rings. The number of rotatable bonds is 4. The minimum absolute atomic E-state index is 0.304.